The number of benzene rings is 3. The predicted molar refractivity (Wildman–Crippen MR) is 134 cm³/mol. The maximum atomic E-state index is 13.3. The second-order valence-electron chi connectivity index (χ2n) is 9.45. The monoisotopic (exact) mass is 466 g/mol. The van der Waals surface area contributed by atoms with Crippen LogP contribution in [0.2, 0.25) is 0 Å². The van der Waals surface area contributed by atoms with Crippen molar-refractivity contribution in [2.45, 2.75) is 46.1 Å². The number of carbonyl (C=O) groups is 4. The molecule has 0 radical (unpaired) electrons. The zero-order valence-electron chi connectivity index (χ0n) is 20.2. The molecule has 35 heavy (non-hydrogen) atoms. The third kappa shape index (κ3) is 3.32. The van der Waals surface area contributed by atoms with Crippen LogP contribution in [0.3, 0.4) is 0 Å². The molecule has 4 amide bonds. The van der Waals surface area contributed by atoms with Gasteiger partial charge in [0.25, 0.3) is 23.6 Å². The van der Waals surface area contributed by atoms with Crippen LogP contribution >= 0.6 is 0 Å². The van der Waals surface area contributed by atoms with E-state index in [2.05, 4.69) is 0 Å². The summed E-state index contributed by atoms with van der Waals surface area (Å²) in [6.07, 6.45) is 1.33. The second kappa shape index (κ2) is 8.01. The van der Waals surface area contributed by atoms with Gasteiger partial charge in [-0.05, 0) is 74.2 Å². The third-order valence-electron chi connectivity index (χ3n) is 7.46. The lowest BCUT2D eigenvalue weighted by Gasteiger charge is -2.35. The van der Waals surface area contributed by atoms with E-state index in [9.17, 15) is 19.2 Å². The molecule has 6 heteroatoms. The van der Waals surface area contributed by atoms with Gasteiger partial charge < -0.3 is 0 Å². The van der Waals surface area contributed by atoms with E-state index in [0.29, 0.717) is 51.9 Å². The highest BCUT2D eigenvalue weighted by molar-refractivity contribution is 6.34. The minimum absolute atomic E-state index is 0.272. The summed E-state index contributed by atoms with van der Waals surface area (Å²) in [5.41, 5.74) is 3.85. The van der Waals surface area contributed by atoms with E-state index >= 15 is 0 Å². The van der Waals surface area contributed by atoms with Crippen molar-refractivity contribution in [2.24, 2.45) is 0 Å². The second-order valence-corrected chi connectivity index (χ2v) is 9.45. The molecule has 0 saturated heterocycles. The van der Waals surface area contributed by atoms with Crippen LogP contribution in [0.1, 0.15) is 80.6 Å². The van der Waals surface area contributed by atoms with Crippen molar-refractivity contribution in [3.05, 3.63) is 88.5 Å². The Morgan fingerprint density at radius 2 is 1.09 bits per heavy atom. The van der Waals surface area contributed by atoms with Gasteiger partial charge in [-0.15, -0.1) is 0 Å². The average Bonchev–Trinajstić information content (AvgIpc) is 3.28. The van der Waals surface area contributed by atoms with Crippen molar-refractivity contribution >= 4 is 29.3 Å². The molecule has 0 aliphatic carbocycles. The largest absolute Gasteiger partial charge is 0.269 e. The molecule has 2 aliphatic rings. The van der Waals surface area contributed by atoms with Gasteiger partial charge in [-0.25, -0.2) is 4.90 Å². The highest BCUT2D eigenvalue weighted by atomic mass is 16.2. The molecule has 0 aromatic heterocycles. The predicted octanol–water partition coefficient (Wildman–Crippen LogP) is 5.64. The molecule has 2 aliphatic heterocycles. The van der Waals surface area contributed by atoms with Gasteiger partial charge in [0.05, 0.1) is 27.9 Å². The number of carbonyl (C=O) groups excluding carboxylic acids is 4. The summed E-state index contributed by atoms with van der Waals surface area (Å²) in [7, 11) is 0. The van der Waals surface area contributed by atoms with E-state index in [1.54, 1.807) is 48.5 Å². The maximum absolute atomic E-state index is 13.3. The molecule has 0 fully saturated rings. The number of amides is 4. The molecule has 0 N–H and O–H groups in total. The van der Waals surface area contributed by atoms with Crippen LogP contribution in [0.4, 0.5) is 5.69 Å². The van der Waals surface area contributed by atoms with E-state index in [0.717, 1.165) is 5.56 Å². The maximum Gasteiger partial charge on any atom is 0.266 e. The van der Waals surface area contributed by atoms with Crippen LogP contribution in [-0.2, 0) is 0 Å². The standard InChI is InChI=1S/C29H26N2O4/c1-5-29(4,6-2)31-27(34)22-14-10-19(16-24(22)28(31)35)18-9-13-21-23(15-18)26(33)30(25(21)32)20-11-7-17(3)8-12-20/h7-16H,5-6H2,1-4H3. The van der Waals surface area contributed by atoms with Crippen LogP contribution in [0.15, 0.2) is 60.7 Å². The van der Waals surface area contributed by atoms with Crippen molar-refractivity contribution in [3.8, 4) is 11.1 Å². The fourth-order valence-corrected chi connectivity index (χ4v) is 4.83. The SMILES string of the molecule is CCC(C)(CC)N1C(=O)c2ccc(-c3ccc4c(c3)C(=O)N(c3ccc(C)cc3)C4=O)cc2C1=O. The smallest absolute Gasteiger partial charge is 0.266 e. The lowest BCUT2D eigenvalue weighted by atomic mass is 9.93. The number of rotatable bonds is 5. The van der Waals surface area contributed by atoms with E-state index < -0.39 is 5.54 Å². The molecule has 5 rings (SSSR count). The average molecular weight is 467 g/mol. The summed E-state index contributed by atoms with van der Waals surface area (Å²) in [4.78, 5) is 55.0. The number of imide groups is 2. The topological polar surface area (TPSA) is 74.8 Å². The minimum atomic E-state index is -0.548. The number of aryl methyl sites for hydroxylation is 1. The van der Waals surface area contributed by atoms with Gasteiger partial charge in [0.2, 0.25) is 0 Å². The number of hydrogen-bond acceptors (Lipinski definition) is 4. The Morgan fingerprint density at radius 3 is 1.63 bits per heavy atom. The first-order valence-electron chi connectivity index (χ1n) is 11.8. The van der Waals surface area contributed by atoms with Crippen molar-refractivity contribution in [3.63, 3.8) is 0 Å². The first-order chi connectivity index (χ1) is 16.7. The molecule has 6 nitrogen and oxygen atoms in total. The number of nitrogens with zero attached hydrogens (tertiary/aromatic N) is 2. The zero-order chi connectivity index (χ0) is 25.1. The molecule has 0 bridgehead atoms. The van der Waals surface area contributed by atoms with E-state index in [-0.39, 0.29) is 23.6 Å². The van der Waals surface area contributed by atoms with Gasteiger partial charge in [-0.3, -0.25) is 24.1 Å². The molecule has 0 atom stereocenters. The van der Waals surface area contributed by atoms with Crippen molar-refractivity contribution in [2.75, 3.05) is 4.90 Å². The summed E-state index contributed by atoms with van der Waals surface area (Å²) in [6.45, 7) is 7.82. The normalized spacial score (nSPS) is 15.2. The Bertz CT molecular complexity index is 1420. The van der Waals surface area contributed by atoms with Gasteiger partial charge in [-0.1, -0.05) is 43.7 Å². The third-order valence-corrected chi connectivity index (χ3v) is 7.46. The summed E-state index contributed by atoms with van der Waals surface area (Å²) in [5.74, 6) is -1.30. The van der Waals surface area contributed by atoms with E-state index in [1.165, 1.54) is 9.80 Å². The molecular weight excluding hydrogens is 440 g/mol. The first-order valence-corrected chi connectivity index (χ1v) is 11.8. The van der Waals surface area contributed by atoms with Crippen molar-refractivity contribution in [1.29, 1.82) is 0 Å². The summed E-state index contributed by atoms with van der Waals surface area (Å²) in [6, 6.07) is 17.5. The van der Waals surface area contributed by atoms with Crippen LogP contribution in [0.5, 0.6) is 0 Å². The molecule has 3 aromatic carbocycles. The zero-order valence-corrected chi connectivity index (χ0v) is 20.2. The molecule has 3 aromatic rings. The van der Waals surface area contributed by atoms with Crippen molar-refractivity contribution in [1.82, 2.24) is 4.90 Å². The van der Waals surface area contributed by atoms with Gasteiger partial charge in [0.15, 0.2) is 0 Å². The Kier molecular flexibility index (Phi) is 5.20. The molecular formula is C29H26N2O4. The fraction of sp³-hybridized carbons (Fsp3) is 0.241. The quantitative estimate of drug-likeness (QED) is 0.456. The lowest BCUT2D eigenvalue weighted by Crippen LogP contribution is -2.48. The van der Waals surface area contributed by atoms with Crippen LogP contribution in [0, 0.1) is 6.92 Å². The Hall–Kier alpha value is -4.06. The highest BCUT2D eigenvalue weighted by Crippen LogP contribution is 2.37. The Balaban J connectivity index is 1.51. The van der Waals surface area contributed by atoms with Gasteiger partial charge in [0.1, 0.15) is 0 Å². The Labute approximate surface area is 204 Å². The summed E-state index contributed by atoms with van der Waals surface area (Å²) >= 11 is 0. The summed E-state index contributed by atoms with van der Waals surface area (Å²) < 4.78 is 0. The number of fused-ring (bicyclic) bond motifs is 2. The molecule has 176 valence electrons. The molecule has 0 unspecified atom stereocenters. The first kappa shape index (κ1) is 22.7. The highest BCUT2D eigenvalue weighted by Gasteiger charge is 2.45. The van der Waals surface area contributed by atoms with Gasteiger partial charge in [-0.2, -0.15) is 0 Å². The van der Waals surface area contributed by atoms with Crippen LogP contribution < -0.4 is 4.90 Å². The van der Waals surface area contributed by atoms with Crippen LogP contribution in [-0.4, -0.2) is 34.1 Å². The molecule has 0 spiro atoms. The summed E-state index contributed by atoms with van der Waals surface area (Å²) in [5, 5.41) is 0. The number of hydrogen-bond donors (Lipinski definition) is 0. The molecule has 0 saturated carbocycles. The van der Waals surface area contributed by atoms with E-state index in [1.807, 2.05) is 39.8 Å². The van der Waals surface area contributed by atoms with Gasteiger partial charge in [0, 0.05) is 5.54 Å². The van der Waals surface area contributed by atoms with Gasteiger partial charge >= 0.3 is 0 Å². The minimum Gasteiger partial charge on any atom is -0.269 e. The fourth-order valence-electron chi connectivity index (χ4n) is 4.83. The van der Waals surface area contributed by atoms with E-state index in [4.69, 9.17) is 0 Å². The lowest BCUT2D eigenvalue weighted by molar-refractivity contribution is 0.0434. The van der Waals surface area contributed by atoms with Crippen LogP contribution in [0.25, 0.3) is 11.1 Å². The molecule has 2 heterocycles. The van der Waals surface area contributed by atoms with Crippen molar-refractivity contribution < 1.29 is 19.2 Å². The number of anilines is 1. The Morgan fingerprint density at radius 1 is 0.629 bits per heavy atom.